The number of rotatable bonds is 7. The van der Waals surface area contributed by atoms with E-state index in [2.05, 4.69) is 37.1 Å². The van der Waals surface area contributed by atoms with Gasteiger partial charge in [0.2, 0.25) is 0 Å². The summed E-state index contributed by atoms with van der Waals surface area (Å²) in [5, 5.41) is 14.8. The molecule has 1 aliphatic rings. The van der Waals surface area contributed by atoms with Gasteiger partial charge in [0.1, 0.15) is 18.8 Å². The molecule has 0 amide bonds. The Balaban J connectivity index is 1.18. The van der Waals surface area contributed by atoms with Crippen LogP contribution in [0.4, 0.5) is 4.53 Å². The molecule has 1 unspecified atom stereocenters. The summed E-state index contributed by atoms with van der Waals surface area (Å²) in [4.78, 5) is 15.7. The average Bonchev–Trinajstić information content (AvgIpc) is 3.60. The van der Waals surface area contributed by atoms with Crippen molar-refractivity contribution in [2.24, 2.45) is 0 Å². The number of pyridine rings is 1. The lowest BCUT2D eigenvalue weighted by molar-refractivity contribution is -0.203. The number of ether oxygens (including phenoxy) is 2. The summed E-state index contributed by atoms with van der Waals surface area (Å²) >= 11 is 6.57. The quantitative estimate of drug-likeness (QED) is 0.304. The van der Waals surface area contributed by atoms with Crippen molar-refractivity contribution in [2.75, 3.05) is 13.2 Å². The highest BCUT2D eigenvalue weighted by Gasteiger charge is 2.32. The highest BCUT2D eigenvalue weighted by Crippen LogP contribution is 2.32. The molecular weight excluding hydrogens is 513 g/mol. The number of aliphatic hydroxyl groups excluding tert-OH is 1. The molecule has 5 aromatic rings. The van der Waals surface area contributed by atoms with Crippen LogP contribution in [0.3, 0.4) is 0 Å². The zero-order valence-corrected chi connectivity index (χ0v) is 20.8. The topological polar surface area (TPSA) is 107 Å². The van der Waals surface area contributed by atoms with Gasteiger partial charge in [-0.25, -0.2) is 9.67 Å². The number of aliphatic hydroxyl groups is 1. The Bertz CT molecular complexity index is 1530. The summed E-state index contributed by atoms with van der Waals surface area (Å²) in [7, 11) is 0. The van der Waals surface area contributed by atoms with Gasteiger partial charge in [0.15, 0.2) is 5.65 Å². The van der Waals surface area contributed by atoms with E-state index in [0.29, 0.717) is 21.9 Å². The molecule has 0 spiro atoms. The van der Waals surface area contributed by atoms with Gasteiger partial charge in [0, 0.05) is 24.4 Å². The van der Waals surface area contributed by atoms with Crippen molar-refractivity contribution in [3.05, 3.63) is 78.1 Å². The SMILES string of the molecule is O[C@H]1C[C@@H](Oc2nc3nc(-c4ccc(-c5ccc(-n6cccn6)cc5)cc4)c(Cl)cc3[nH]2)COC1COF. The number of hydrogen-bond donors (Lipinski definition) is 2. The van der Waals surface area contributed by atoms with E-state index in [0.717, 1.165) is 22.4 Å². The molecule has 2 aromatic carbocycles. The van der Waals surface area contributed by atoms with E-state index in [1.165, 1.54) is 0 Å². The van der Waals surface area contributed by atoms with E-state index >= 15 is 0 Å². The molecule has 194 valence electrons. The fourth-order valence-corrected chi connectivity index (χ4v) is 4.76. The Morgan fingerprint density at radius 1 is 1.08 bits per heavy atom. The lowest BCUT2D eigenvalue weighted by atomic mass is 10.0. The molecule has 2 N–H and O–H groups in total. The first-order valence-electron chi connectivity index (χ1n) is 12.0. The smallest absolute Gasteiger partial charge is 0.296 e. The number of aromatic amines is 1. The first-order chi connectivity index (χ1) is 18.6. The second-order valence-electron chi connectivity index (χ2n) is 9.00. The molecule has 0 saturated carbocycles. The lowest BCUT2D eigenvalue weighted by Crippen LogP contribution is -2.45. The van der Waals surface area contributed by atoms with Gasteiger partial charge in [-0.15, -0.1) is 0 Å². The summed E-state index contributed by atoms with van der Waals surface area (Å²) in [6, 6.07) is 20.0. The van der Waals surface area contributed by atoms with Crippen molar-refractivity contribution >= 4 is 22.8 Å². The zero-order valence-electron chi connectivity index (χ0n) is 20.0. The van der Waals surface area contributed by atoms with Crippen LogP contribution in [0.2, 0.25) is 5.02 Å². The molecule has 38 heavy (non-hydrogen) atoms. The van der Waals surface area contributed by atoms with Crippen molar-refractivity contribution in [3.8, 4) is 34.1 Å². The second-order valence-corrected chi connectivity index (χ2v) is 9.40. The molecule has 1 fully saturated rings. The Morgan fingerprint density at radius 2 is 1.82 bits per heavy atom. The van der Waals surface area contributed by atoms with Crippen LogP contribution in [0, 0.1) is 0 Å². The number of H-pyrrole nitrogens is 1. The number of halogens is 2. The maximum Gasteiger partial charge on any atom is 0.296 e. The molecule has 6 rings (SSSR count). The summed E-state index contributed by atoms with van der Waals surface area (Å²) in [6.07, 6.45) is 1.80. The molecule has 0 aliphatic carbocycles. The second kappa shape index (κ2) is 10.5. The minimum Gasteiger partial charge on any atom is -0.459 e. The van der Waals surface area contributed by atoms with Gasteiger partial charge in [-0.3, -0.25) is 0 Å². The standard InChI is InChI=1S/C27H23ClFN5O4/c28-21-13-22-26(33-27(31-22)38-20-12-23(35)24(15-37-29)36-14-20)32-25(21)18-4-2-16(3-5-18)17-6-8-19(9-7-17)34-11-1-10-30-34/h1-11,13,20,23-24,35H,12,14-15H2,(H,31,32,33)/t20-,23+,24?/m1/s1. The van der Waals surface area contributed by atoms with Crippen molar-refractivity contribution in [1.29, 1.82) is 0 Å². The fraction of sp³-hybridized carbons (Fsp3) is 0.222. The van der Waals surface area contributed by atoms with Gasteiger partial charge >= 0.3 is 0 Å². The number of nitrogens with zero attached hydrogens (tertiary/aromatic N) is 4. The number of hydrogen-bond acceptors (Lipinski definition) is 7. The molecule has 0 radical (unpaired) electrons. The number of fused-ring (bicyclic) bond motifs is 1. The predicted molar refractivity (Wildman–Crippen MR) is 139 cm³/mol. The number of nitrogens with one attached hydrogen (secondary N) is 1. The van der Waals surface area contributed by atoms with Crippen molar-refractivity contribution < 1.29 is 24.0 Å². The summed E-state index contributed by atoms with van der Waals surface area (Å²) in [5.41, 5.74) is 5.64. The van der Waals surface area contributed by atoms with Crippen LogP contribution in [0.1, 0.15) is 6.42 Å². The molecule has 1 aliphatic heterocycles. The monoisotopic (exact) mass is 535 g/mol. The largest absolute Gasteiger partial charge is 0.459 e. The first kappa shape index (κ1) is 24.5. The van der Waals surface area contributed by atoms with Crippen molar-refractivity contribution in [3.63, 3.8) is 0 Å². The van der Waals surface area contributed by atoms with E-state index in [-0.39, 0.29) is 25.6 Å². The minimum atomic E-state index is -0.912. The van der Waals surface area contributed by atoms with E-state index in [4.69, 9.17) is 21.1 Å². The third-order valence-corrected chi connectivity index (χ3v) is 6.76. The predicted octanol–water partition coefficient (Wildman–Crippen LogP) is 4.93. The van der Waals surface area contributed by atoms with Crippen molar-refractivity contribution in [2.45, 2.75) is 24.7 Å². The Morgan fingerprint density at radius 3 is 2.50 bits per heavy atom. The fourth-order valence-electron chi connectivity index (χ4n) is 4.50. The van der Waals surface area contributed by atoms with Crippen LogP contribution in [-0.2, 0) is 9.68 Å². The number of aromatic nitrogens is 5. The third kappa shape index (κ3) is 4.99. The third-order valence-electron chi connectivity index (χ3n) is 6.47. The molecule has 3 aromatic heterocycles. The summed E-state index contributed by atoms with van der Waals surface area (Å²) < 4.78 is 25.2. The van der Waals surface area contributed by atoms with Crippen LogP contribution >= 0.6 is 11.6 Å². The minimum absolute atomic E-state index is 0.167. The maximum atomic E-state index is 12.1. The van der Waals surface area contributed by atoms with E-state index in [1.807, 2.05) is 53.3 Å². The van der Waals surface area contributed by atoms with Crippen LogP contribution in [0.15, 0.2) is 73.1 Å². The van der Waals surface area contributed by atoms with E-state index in [9.17, 15) is 9.63 Å². The molecule has 11 heteroatoms. The maximum absolute atomic E-state index is 12.1. The normalized spacial score (nSPS) is 19.6. The Kier molecular flexibility index (Phi) is 6.77. The molecule has 4 heterocycles. The lowest BCUT2D eigenvalue weighted by Gasteiger charge is -2.31. The summed E-state index contributed by atoms with van der Waals surface area (Å²) in [6.45, 7) is -0.164. The van der Waals surface area contributed by atoms with E-state index < -0.39 is 18.3 Å². The van der Waals surface area contributed by atoms with Gasteiger partial charge in [-0.05, 0) is 39.9 Å². The van der Waals surface area contributed by atoms with Crippen LogP contribution in [0.25, 0.3) is 39.2 Å². The Labute approximate surface area is 221 Å². The highest BCUT2D eigenvalue weighted by atomic mass is 35.5. The van der Waals surface area contributed by atoms with Crippen LogP contribution in [0.5, 0.6) is 6.01 Å². The van der Waals surface area contributed by atoms with E-state index in [1.54, 1.807) is 12.3 Å². The van der Waals surface area contributed by atoms with Gasteiger partial charge in [-0.2, -0.15) is 15.0 Å². The molecular formula is C27H23ClFN5O4. The van der Waals surface area contributed by atoms with Gasteiger partial charge in [0.25, 0.3) is 6.01 Å². The van der Waals surface area contributed by atoms with Crippen LogP contribution in [-0.4, -0.2) is 61.4 Å². The molecule has 1 saturated heterocycles. The first-order valence-corrected chi connectivity index (χ1v) is 12.4. The van der Waals surface area contributed by atoms with Gasteiger partial charge in [0.05, 0.1) is 34.6 Å². The van der Waals surface area contributed by atoms with Gasteiger partial charge in [-0.1, -0.05) is 48.0 Å². The number of benzene rings is 2. The van der Waals surface area contributed by atoms with Crippen molar-refractivity contribution in [1.82, 2.24) is 24.7 Å². The molecule has 3 atom stereocenters. The van der Waals surface area contributed by atoms with Gasteiger partial charge < -0.3 is 19.6 Å². The highest BCUT2D eigenvalue weighted by molar-refractivity contribution is 6.33. The zero-order chi connectivity index (χ0) is 26.1. The molecule has 0 bridgehead atoms. The molecule has 9 nitrogen and oxygen atoms in total. The summed E-state index contributed by atoms with van der Waals surface area (Å²) in [5.74, 6) is 0. The average molecular weight is 536 g/mol. The number of imidazole rings is 1. The Hall–Kier alpha value is -3.83. The van der Waals surface area contributed by atoms with Crippen LogP contribution < -0.4 is 4.74 Å².